The van der Waals surface area contributed by atoms with Gasteiger partial charge in [0.15, 0.2) is 11.5 Å². The van der Waals surface area contributed by atoms with Crippen LogP contribution < -0.4 is 5.32 Å². The van der Waals surface area contributed by atoms with E-state index in [-0.39, 0.29) is 5.97 Å². The lowest BCUT2D eigenvalue weighted by Gasteiger charge is -2.15. The first-order valence-electron chi connectivity index (χ1n) is 10.6. The summed E-state index contributed by atoms with van der Waals surface area (Å²) in [6, 6.07) is 2.87. The van der Waals surface area contributed by atoms with Crippen molar-refractivity contribution in [3.05, 3.63) is 47.5 Å². The Kier molecular flexibility index (Phi) is 6.63. The molecule has 4 aromatic heterocycles. The number of hydrogen-bond acceptors (Lipinski definition) is 8. The first-order valence-corrected chi connectivity index (χ1v) is 15.2. The number of anilines is 2. The van der Waals surface area contributed by atoms with Crippen LogP contribution in [-0.2, 0) is 16.2 Å². The van der Waals surface area contributed by atoms with Crippen molar-refractivity contribution in [1.29, 1.82) is 0 Å². The number of nitrogens with one attached hydrogen (secondary N) is 1. The molecule has 174 valence electrons. The van der Waals surface area contributed by atoms with Crippen LogP contribution in [-0.4, -0.2) is 51.9 Å². The van der Waals surface area contributed by atoms with E-state index in [1.807, 2.05) is 36.1 Å². The minimum absolute atomic E-state index is 0.369. The van der Waals surface area contributed by atoms with Crippen molar-refractivity contribution < 1.29 is 14.3 Å². The lowest BCUT2D eigenvalue weighted by molar-refractivity contribution is 0.0601. The fourth-order valence-corrected chi connectivity index (χ4v) is 4.78. The molecule has 0 radical (unpaired) electrons. The van der Waals surface area contributed by atoms with Crippen LogP contribution in [0, 0.1) is 6.92 Å². The van der Waals surface area contributed by atoms with Gasteiger partial charge in [0.05, 0.1) is 41.5 Å². The largest absolute Gasteiger partial charge is 0.465 e. The number of imidazole rings is 1. The molecule has 0 aliphatic carbocycles. The number of aromatic nitrogens is 5. The highest BCUT2D eigenvalue weighted by Crippen LogP contribution is 2.29. The minimum Gasteiger partial charge on any atom is -0.465 e. The fraction of sp³-hybridized carbons (Fsp3) is 0.364. The molecule has 1 N–H and O–H groups in total. The molecule has 0 fully saturated rings. The number of aryl methyl sites for hydroxylation is 1. The van der Waals surface area contributed by atoms with Gasteiger partial charge < -0.3 is 14.8 Å². The van der Waals surface area contributed by atoms with Crippen molar-refractivity contribution in [3.63, 3.8) is 0 Å². The Labute approximate surface area is 197 Å². The maximum atomic E-state index is 11.7. The summed E-state index contributed by atoms with van der Waals surface area (Å²) in [7, 11) is 0.257. The topological polar surface area (TPSA) is 95.6 Å². The van der Waals surface area contributed by atoms with Crippen molar-refractivity contribution in [1.82, 2.24) is 24.1 Å². The van der Waals surface area contributed by atoms with E-state index in [0.717, 1.165) is 34.6 Å². The van der Waals surface area contributed by atoms with Crippen LogP contribution >= 0.6 is 11.3 Å². The van der Waals surface area contributed by atoms with E-state index in [4.69, 9.17) is 9.47 Å². The third-order valence-corrected chi connectivity index (χ3v) is 7.57. The molecule has 0 saturated heterocycles. The van der Waals surface area contributed by atoms with E-state index < -0.39 is 8.07 Å². The highest BCUT2D eigenvalue weighted by molar-refractivity contribution is 7.14. The lowest BCUT2D eigenvalue weighted by atomic mass is 10.3. The number of ether oxygens (including phenoxy) is 2. The van der Waals surface area contributed by atoms with Crippen LogP contribution in [0.2, 0.25) is 25.7 Å². The molecule has 0 aromatic carbocycles. The molecule has 0 unspecified atom stereocenters. The van der Waals surface area contributed by atoms with Crippen LogP contribution in [0.4, 0.5) is 10.8 Å². The molecule has 9 nitrogen and oxygen atoms in total. The monoisotopic (exact) mass is 484 g/mol. The predicted molar refractivity (Wildman–Crippen MR) is 132 cm³/mol. The second-order valence-corrected chi connectivity index (χ2v) is 15.5. The molecule has 4 heterocycles. The summed E-state index contributed by atoms with van der Waals surface area (Å²) in [6.45, 7) is 10.1. The Bertz CT molecular complexity index is 1270. The number of rotatable bonds is 9. The summed E-state index contributed by atoms with van der Waals surface area (Å²) in [5.74, 6) is 0.243. The van der Waals surface area contributed by atoms with Crippen molar-refractivity contribution in [2.24, 2.45) is 0 Å². The Morgan fingerprint density at radius 2 is 2.06 bits per heavy atom. The molecular formula is C22H28N6O3SSi. The fourth-order valence-electron chi connectivity index (χ4n) is 3.25. The van der Waals surface area contributed by atoms with Gasteiger partial charge in [0.2, 0.25) is 0 Å². The van der Waals surface area contributed by atoms with Gasteiger partial charge >= 0.3 is 5.97 Å². The number of carbonyl (C=O) groups excluding carboxylic acids is 1. The van der Waals surface area contributed by atoms with Crippen LogP contribution in [0.15, 0.2) is 36.2 Å². The zero-order valence-corrected chi connectivity index (χ0v) is 21.3. The van der Waals surface area contributed by atoms with Gasteiger partial charge in [-0.3, -0.25) is 4.40 Å². The summed E-state index contributed by atoms with van der Waals surface area (Å²) in [4.78, 5) is 20.9. The molecule has 33 heavy (non-hydrogen) atoms. The standard InChI is InChI=1S/C22H28N6O3SSi/c1-15-11-28-18(17-9-24-27(12-17)14-31-6-7-33(3,4)5)10-23-21(28)20(25-15)26-19-8-16(13-32-19)22(29)30-2/h8-13H,6-7,14H2,1-5H3,(H,25,26). The molecule has 0 aliphatic rings. The quantitative estimate of drug-likeness (QED) is 0.207. The highest BCUT2D eigenvalue weighted by Gasteiger charge is 2.16. The third kappa shape index (κ3) is 5.49. The molecule has 0 spiro atoms. The summed E-state index contributed by atoms with van der Waals surface area (Å²) in [5.41, 5.74) is 3.86. The third-order valence-electron chi connectivity index (χ3n) is 5.02. The lowest BCUT2D eigenvalue weighted by Crippen LogP contribution is -2.22. The Hall–Kier alpha value is -3.02. The van der Waals surface area contributed by atoms with Gasteiger partial charge in [-0.05, 0) is 19.0 Å². The molecule has 0 aliphatic heterocycles. The van der Waals surface area contributed by atoms with E-state index >= 15 is 0 Å². The molecular weight excluding hydrogens is 456 g/mol. The number of thiophene rings is 1. The number of hydrogen-bond donors (Lipinski definition) is 1. The summed E-state index contributed by atoms with van der Waals surface area (Å²) >= 11 is 1.41. The summed E-state index contributed by atoms with van der Waals surface area (Å²) in [6.07, 6.45) is 7.53. The average molecular weight is 485 g/mol. The zero-order valence-electron chi connectivity index (χ0n) is 19.5. The smallest absolute Gasteiger partial charge is 0.338 e. The van der Waals surface area contributed by atoms with Crippen molar-refractivity contribution in [2.75, 3.05) is 19.0 Å². The van der Waals surface area contributed by atoms with Crippen molar-refractivity contribution in [3.8, 4) is 11.3 Å². The SMILES string of the molecule is COC(=O)c1csc(Nc2nc(C)cn3c(-c4cnn(COCC[Si](C)(C)C)c4)cnc23)c1. The first-order chi connectivity index (χ1) is 15.7. The van der Waals surface area contributed by atoms with E-state index in [2.05, 4.69) is 40.0 Å². The molecule has 0 bridgehead atoms. The van der Waals surface area contributed by atoms with Gasteiger partial charge in [-0.2, -0.15) is 5.10 Å². The second kappa shape index (κ2) is 9.46. The first kappa shape index (κ1) is 23.1. The van der Waals surface area contributed by atoms with Crippen molar-refractivity contribution >= 4 is 41.8 Å². The summed E-state index contributed by atoms with van der Waals surface area (Å²) < 4.78 is 14.4. The van der Waals surface area contributed by atoms with E-state index in [1.54, 1.807) is 16.1 Å². The average Bonchev–Trinajstić information content (AvgIpc) is 3.49. The highest BCUT2D eigenvalue weighted by atomic mass is 32.1. The van der Waals surface area contributed by atoms with Crippen LogP contribution in [0.3, 0.4) is 0 Å². The Morgan fingerprint density at radius 3 is 2.82 bits per heavy atom. The van der Waals surface area contributed by atoms with Gasteiger partial charge in [0.1, 0.15) is 6.73 Å². The molecule has 0 atom stereocenters. The number of fused-ring (bicyclic) bond motifs is 1. The maximum Gasteiger partial charge on any atom is 0.338 e. The Morgan fingerprint density at radius 1 is 1.24 bits per heavy atom. The van der Waals surface area contributed by atoms with Crippen LogP contribution in [0.5, 0.6) is 0 Å². The van der Waals surface area contributed by atoms with E-state index in [9.17, 15) is 4.79 Å². The van der Waals surface area contributed by atoms with Crippen molar-refractivity contribution in [2.45, 2.75) is 39.3 Å². The number of esters is 1. The minimum atomic E-state index is -1.11. The number of methoxy groups -OCH3 is 1. The van der Waals surface area contributed by atoms with Crippen LogP contribution in [0.1, 0.15) is 16.1 Å². The molecule has 4 aromatic rings. The van der Waals surface area contributed by atoms with Gasteiger partial charge in [0, 0.05) is 38.0 Å². The van der Waals surface area contributed by atoms with Crippen LogP contribution in [0.25, 0.3) is 16.9 Å². The molecule has 0 saturated carbocycles. The predicted octanol–water partition coefficient (Wildman–Crippen LogP) is 4.81. The maximum absolute atomic E-state index is 11.7. The molecule has 11 heteroatoms. The number of nitrogens with zero attached hydrogens (tertiary/aromatic N) is 5. The van der Waals surface area contributed by atoms with Gasteiger partial charge in [-0.25, -0.2) is 19.4 Å². The van der Waals surface area contributed by atoms with E-state index in [0.29, 0.717) is 23.8 Å². The summed E-state index contributed by atoms with van der Waals surface area (Å²) in [5, 5.41) is 10.3. The Balaban J connectivity index is 1.54. The number of carbonyl (C=O) groups is 1. The normalized spacial score (nSPS) is 11.8. The van der Waals surface area contributed by atoms with Gasteiger partial charge in [-0.1, -0.05) is 19.6 Å². The molecule has 4 rings (SSSR count). The van der Waals surface area contributed by atoms with Gasteiger partial charge in [0.25, 0.3) is 0 Å². The second-order valence-electron chi connectivity index (χ2n) is 9.00. The van der Waals surface area contributed by atoms with Gasteiger partial charge in [-0.15, -0.1) is 11.3 Å². The van der Waals surface area contributed by atoms with E-state index in [1.165, 1.54) is 18.4 Å². The zero-order chi connectivity index (χ0) is 23.6. The molecule has 0 amide bonds.